The molecule has 0 heterocycles. The molecule has 1 rings (SSSR count). The Morgan fingerprint density at radius 2 is 1.55 bits per heavy atom. The van der Waals surface area contributed by atoms with E-state index >= 15 is 0 Å². The van der Waals surface area contributed by atoms with Crippen molar-refractivity contribution in [1.82, 2.24) is 0 Å². The third kappa shape index (κ3) is 7.05. The molecule has 1 aliphatic carbocycles. The van der Waals surface area contributed by atoms with Crippen LogP contribution in [0.2, 0.25) is 0 Å². The first kappa shape index (κ1) is 17.9. The summed E-state index contributed by atoms with van der Waals surface area (Å²) in [4.78, 5) is 0. The first-order valence-corrected chi connectivity index (χ1v) is 8.49. The van der Waals surface area contributed by atoms with Crippen molar-refractivity contribution in [3.63, 3.8) is 0 Å². The zero-order valence-corrected chi connectivity index (χ0v) is 13.9. The summed E-state index contributed by atoms with van der Waals surface area (Å²) in [6, 6.07) is 0. The molecule has 0 aromatic heterocycles. The lowest BCUT2D eigenvalue weighted by molar-refractivity contribution is -0.0389. The van der Waals surface area contributed by atoms with Gasteiger partial charge in [0.1, 0.15) is 6.23 Å². The Bertz CT molecular complexity index is 229. The van der Waals surface area contributed by atoms with Gasteiger partial charge in [-0.05, 0) is 37.0 Å². The molecule has 0 spiro atoms. The molecule has 1 atom stereocenters. The van der Waals surface area contributed by atoms with E-state index in [0.717, 1.165) is 6.42 Å². The van der Waals surface area contributed by atoms with Crippen LogP contribution in [0.3, 0.4) is 0 Å². The maximum absolute atomic E-state index is 6.09. The summed E-state index contributed by atoms with van der Waals surface area (Å²) >= 11 is 0. The first-order valence-electron chi connectivity index (χ1n) is 8.49. The molecule has 120 valence electrons. The smallest absolute Gasteiger partial charge is 0.106 e. The van der Waals surface area contributed by atoms with Gasteiger partial charge in [-0.3, -0.25) is 0 Å². The molecule has 0 aromatic rings. The second-order valence-electron chi connectivity index (χ2n) is 6.93. The van der Waals surface area contributed by atoms with Gasteiger partial charge in [-0.1, -0.05) is 47.0 Å². The van der Waals surface area contributed by atoms with Crippen molar-refractivity contribution in [3.8, 4) is 0 Å². The summed E-state index contributed by atoms with van der Waals surface area (Å²) in [5.41, 5.74) is 6.09. The molecule has 0 aromatic carbocycles. The molecule has 0 bridgehead atoms. The molecule has 0 amide bonds. The Balaban J connectivity index is 2.11. The molecular weight excluding hydrogens is 250 g/mol. The van der Waals surface area contributed by atoms with Crippen molar-refractivity contribution in [2.75, 3.05) is 13.2 Å². The van der Waals surface area contributed by atoms with Crippen LogP contribution in [-0.2, 0) is 9.47 Å². The van der Waals surface area contributed by atoms with Crippen molar-refractivity contribution in [1.29, 1.82) is 0 Å². The van der Waals surface area contributed by atoms with Crippen molar-refractivity contribution in [2.45, 2.75) is 78.6 Å². The fourth-order valence-corrected chi connectivity index (χ4v) is 3.30. The minimum absolute atomic E-state index is 0.153. The minimum Gasteiger partial charge on any atom is -0.376 e. The Morgan fingerprint density at radius 3 is 2.10 bits per heavy atom. The van der Waals surface area contributed by atoms with Gasteiger partial charge in [0, 0.05) is 0 Å². The molecule has 0 saturated heterocycles. The Morgan fingerprint density at radius 1 is 0.950 bits per heavy atom. The highest BCUT2D eigenvalue weighted by atomic mass is 16.5. The quantitative estimate of drug-likeness (QED) is 0.515. The average molecular weight is 285 g/mol. The Hall–Kier alpha value is -0.120. The number of rotatable bonds is 9. The Kier molecular flexibility index (Phi) is 8.74. The van der Waals surface area contributed by atoms with Gasteiger partial charge in [-0.15, -0.1) is 0 Å². The molecule has 1 saturated carbocycles. The predicted molar refractivity (Wildman–Crippen MR) is 84.5 cm³/mol. The van der Waals surface area contributed by atoms with E-state index in [1.54, 1.807) is 0 Å². The van der Waals surface area contributed by atoms with Crippen LogP contribution in [-0.4, -0.2) is 25.5 Å². The fourth-order valence-electron chi connectivity index (χ4n) is 3.30. The largest absolute Gasteiger partial charge is 0.376 e. The van der Waals surface area contributed by atoms with Gasteiger partial charge >= 0.3 is 0 Å². The maximum atomic E-state index is 6.09. The third-order valence-corrected chi connectivity index (χ3v) is 4.54. The van der Waals surface area contributed by atoms with Crippen LogP contribution >= 0.6 is 0 Å². The van der Waals surface area contributed by atoms with E-state index in [1.807, 2.05) is 0 Å². The van der Waals surface area contributed by atoms with Crippen molar-refractivity contribution < 1.29 is 9.47 Å². The lowest BCUT2D eigenvalue weighted by atomic mass is 9.82. The summed E-state index contributed by atoms with van der Waals surface area (Å²) in [5.74, 6) is 1.94. The highest BCUT2D eigenvalue weighted by molar-refractivity contribution is 4.69. The molecule has 0 radical (unpaired) electrons. The lowest BCUT2D eigenvalue weighted by Gasteiger charge is -2.28. The monoisotopic (exact) mass is 285 g/mol. The van der Waals surface area contributed by atoms with Gasteiger partial charge in [-0.2, -0.15) is 0 Å². The zero-order chi connectivity index (χ0) is 15.0. The van der Waals surface area contributed by atoms with Crippen molar-refractivity contribution in [3.05, 3.63) is 0 Å². The second-order valence-corrected chi connectivity index (χ2v) is 6.93. The van der Waals surface area contributed by atoms with Crippen molar-refractivity contribution in [2.24, 2.45) is 23.5 Å². The van der Waals surface area contributed by atoms with E-state index in [4.69, 9.17) is 15.2 Å². The molecule has 0 aliphatic heterocycles. The molecule has 1 unspecified atom stereocenters. The van der Waals surface area contributed by atoms with E-state index < -0.39 is 0 Å². The molecule has 3 heteroatoms. The zero-order valence-electron chi connectivity index (χ0n) is 13.9. The van der Waals surface area contributed by atoms with E-state index in [9.17, 15) is 0 Å². The molecular formula is C17H35NO2. The van der Waals surface area contributed by atoms with Crippen LogP contribution < -0.4 is 5.73 Å². The molecule has 1 aliphatic rings. The van der Waals surface area contributed by atoms with Crippen molar-refractivity contribution >= 4 is 0 Å². The van der Waals surface area contributed by atoms with Crippen LogP contribution in [0.4, 0.5) is 0 Å². The summed E-state index contributed by atoms with van der Waals surface area (Å²) in [6.07, 6.45) is 7.68. The average Bonchev–Trinajstić information content (AvgIpc) is 2.41. The summed E-state index contributed by atoms with van der Waals surface area (Å²) in [6.45, 7) is 10.4. The molecule has 20 heavy (non-hydrogen) atoms. The molecule has 3 nitrogen and oxygen atoms in total. The minimum atomic E-state index is -0.153. The molecule has 2 N–H and O–H groups in total. The van der Waals surface area contributed by atoms with Crippen LogP contribution in [0.5, 0.6) is 0 Å². The van der Waals surface area contributed by atoms with Gasteiger partial charge in [-0.25, -0.2) is 0 Å². The van der Waals surface area contributed by atoms with Crippen LogP contribution in [0.1, 0.15) is 66.2 Å². The molecule has 1 fully saturated rings. The fraction of sp³-hybridized carbons (Fsp3) is 1.00. The van der Waals surface area contributed by atoms with E-state index in [1.165, 1.54) is 32.1 Å². The van der Waals surface area contributed by atoms with Crippen LogP contribution in [0, 0.1) is 17.8 Å². The third-order valence-electron chi connectivity index (χ3n) is 4.54. The first-order chi connectivity index (χ1) is 9.50. The SMILES string of the molecule is CC(C)C(CC(N)OCCOC1CCCCC1)C(C)C. The van der Waals surface area contributed by atoms with Crippen LogP contribution in [0.25, 0.3) is 0 Å². The number of ether oxygens (including phenoxy) is 2. The predicted octanol–water partition coefficient (Wildman–Crippen LogP) is 3.96. The van der Waals surface area contributed by atoms with Crippen LogP contribution in [0.15, 0.2) is 0 Å². The second kappa shape index (κ2) is 9.75. The highest BCUT2D eigenvalue weighted by Gasteiger charge is 2.21. The number of nitrogens with two attached hydrogens (primary N) is 1. The number of hydrogen-bond acceptors (Lipinski definition) is 3. The van der Waals surface area contributed by atoms with Gasteiger partial charge in [0.25, 0.3) is 0 Å². The lowest BCUT2D eigenvalue weighted by Crippen LogP contribution is -2.32. The van der Waals surface area contributed by atoms with E-state index in [0.29, 0.717) is 37.1 Å². The summed E-state index contributed by atoms with van der Waals surface area (Å²) in [7, 11) is 0. The van der Waals surface area contributed by atoms with Gasteiger partial charge < -0.3 is 15.2 Å². The standard InChI is InChI=1S/C17H35NO2/c1-13(2)16(14(3)4)12-17(18)20-11-10-19-15-8-6-5-7-9-15/h13-17H,5-12,18H2,1-4H3. The maximum Gasteiger partial charge on any atom is 0.106 e. The topological polar surface area (TPSA) is 44.5 Å². The summed E-state index contributed by atoms with van der Waals surface area (Å²) in [5, 5.41) is 0. The van der Waals surface area contributed by atoms with Gasteiger partial charge in [0.15, 0.2) is 0 Å². The highest BCUT2D eigenvalue weighted by Crippen LogP contribution is 2.25. The number of hydrogen-bond donors (Lipinski definition) is 1. The summed E-state index contributed by atoms with van der Waals surface area (Å²) < 4.78 is 11.6. The van der Waals surface area contributed by atoms with Gasteiger partial charge in [0.2, 0.25) is 0 Å². The van der Waals surface area contributed by atoms with Gasteiger partial charge in [0.05, 0.1) is 19.3 Å². The van der Waals surface area contributed by atoms with E-state index in [-0.39, 0.29) is 6.23 Å². The normalized spacial score (nSPS) is 19.2. The van der Waals surface area contributed by atoms with E-state index in [2.05, 4.69) is 27.7 Å². The Labute approximate surface area is 125 Å².